The van der Waals surface area contributed by atoms with Crippen molar-refractivity contribution >= 4 is 35.1 Å². The lowest BCUT2D eigenvalue weighted by Gasteiger charge is -2.39. The molecule has 1 fully saturated rings. The number of nitrogens with zero attached hydrogens (tertiary/aromatic N) is 5. The molecule has 2 aliphatic rings. The van der Waals surface area contributed by atoms with Gasteiger partial charge in [0.25, 0.3) is 5.69 Å². The quantitative estimate of drug-likeness (QED) is 0.216. The average molecular weight is 566 g/mol. The molecule has 0 radical (unpaired) electrons. The second-order valence-corrected chi connectivity index (χ2v) is 10.2. The highest BCUT2D eigenvalue weighted by atomic mass is 16.6. The number of carbonyl (C=O) groups excluding carboxylic acids is 3. The summed E-state index contributed by atoms with van der Waals surface area (Å²) in [4.78, 5) is 59.4. The molecule has 0 aliphatic carbocycles. The third-order valence-electron chi connectivity index (χ3n) is 7.03. The smallest absolute Gasteiger partial charge is 0.344 e. The summed E-state index contributed by atoms with van der Waals surface area (Å²) >= 11 is 0. The average Bonchev–Trinajstić information content (AvgIpc) is 3.29. The summed E-state index contributed by atoms with van der Waals surface area (Å²) in [6.45, 7) is 9.11. The first-order valence-corrected chi connectivity index (χ1v) is 13.7. The number of carbonyl (C=O) groups is 3. The Morgan fingerprint density at radius 2 is 1.85 bits per heavy atom. The van der Waals surface area contributed by atoms with Crippen LogP contribution >= 0.6 is 0 Å². The molecule has 0 spiro atoms. The minimum absolute atomic E-state index is 0.137. The van der Waals surface area contributed by atoms with Gasteiger partial charge in [0.05, 0.1) is 23.7 Å². The lowest BCUT2D eigenvalue weighted by atomic mass is 9.86. The summed E-state index contributed by atoms with van der Waals surface area (Å²) in [5, 5.41) is 11.5. The van der Waals surface area contributed by atoms with Crippen molar-refractivity contribution < 1.29 is 28.8 Å². The molecule has 2 unspecified atom stereocenters. The van der Waals surface area contributed by atoms with E-state index < -0.39 is 35.0 Å². The minimum atomic E-state index is -0.930. The van der Waals surface area contributed by atoms with Crippen LogP contribution in [0.5, 0.6) is 5.75 Å². The SMILES string of the molecule is CCOc1ccc(N2CCN(CCCN3C(=O)N=C(C)C(C(=O)OC(C)C)C3c3cccc([N+](=O)[O-])c3)C2=O)cc1. The summed E-state index contributed by atoms with van der Waals surface area (Å²) in [7, 11) is 0. The van der Waals surface area contributed by atoms with E-state index in [9.17, 15) is 24.5 Å². The molecular weight excluding hydrogens is 530 g/mol. The number of ether oxygens (including phenoxy) is 2. The number of esters is 1. The third kappa shape index (κ3) is 6.64. The molecule has 2 atom stereocenters. The zero-order valence-electron chi connectivity index (χ0n) is 23.7. The van der Waals surface area contributed by atoms with Crippen molar-refractivity contribution in [2.24, 2.45) is 10.9 Å². The van der Waals surface area contributed by atoms with Crippen molar-refractivity contribution in [1.29, 1.82) is 0 Å². The Morgan fingerprint density at radius 1 is 1.12 bits per heavy atom. The molecule has 4 rings (SSSR count). The van der Waals surface area contributed by atoms with E-state index in [0.717, 1.165) is 11.4 Å². The highest BCUT2D eigenvalue weighted by molar-refractivity contribution is 6.08. The van der Waals surface area contributed by atoms with Crippen molar-refractivity contribution in [1.82, 2.24) is 9.80 Å². The van der Waals surface area contributed by atoms with Crippen LogP contribution < -0.4 is 9.64 Å². The van der Waals surface area contributed by atoms with Crippen molar-refractivity contribution in [2.75, 3.05) is 37.7 Å². The van der Waals surface area contributed by atoms with Crippen LogP contribution in [0.25, 0.3) is 0 Å². The number of hydrogen-bond acceptors (Lipinski definition) is 7. The Morgan fingerprint density at radius 3 is 2.51 bits per heavy atom. The fraction of sp³-hybridized carbons (Fsp3) is 0.448. The van der Waals surface area contributed by atoms with Crippen LogP contribution in [0.1, 0.15) is 45.7 Å². The van der Waals surface area contributed by atoms with E-state index in [4.69, 9.17) is 9.47 Å². The van der Waals surface area contributed by atoms with Gasteiger partial charge in [-0.15, -0.1) is 0 Å². The van der Waals surface area contributed by atoms with Crippen molar-refractivity contribution in [3.05, 3.63) is 64.2 Å². The van der Waals surface area contributed by atoms with Gasteiger partial charge in [-0.05, 0) is 63.9 Å². The first-order chi connectivity index (χ1) is 19.6. The molecule has 2 heterocycles. The largest absolute Gasteiger partial charge is 0.494 e. The number of amides is 4. The Labute approximate surface area is 238 Å². The van der Waals surface area contributed by atoms with Crippen LogP contribution in [0.3, 0.4) is 0 Å². The molecule has 4 amide bonds. The van der Waals surface area contributed by atoms with Gasteiger partial charge in [-0.3, -0.25) is 19.8 Å². The predicted molar refractivity (Wildman–Crippen MR) is 152 cm³/mol. The molecule has 12 nitrogen and oxygen atoms in total. The summed E-state index contributed by atoms with van der Waals surface area (Å²) in [6, 6.07) is 11.7. The van der Waals surface area contributed by atoms with Crippen LogP contribution in [0, 0.1) is 16.0 Å². The first kappa shape index (κ1) is 29.5. The maximum absolute atomic E-state index is 13.2. The molecule has 2 aromatic rings. The van der Waals surface area contributed by atoms with Crippen LogP contribution in [-0.4, -0.2) is 77.4 Å². The number of hydrogen-bond donors (Lipinski definition) is 0. The van der Waals surface area contributed by atoms with Gasteiger partial charge in [0.1, 0.15) is 11.7 Å². The Hall–Kier alpha value is -4.48. The van der Waals surface area contributed by atoms with Gasteiger partial charge < -0.3 is 19.3 Å². The first-order valence-electron chi connectivity index (χ1n) is 13.7. The van der Waals surface area contributed by atoms with Gasteiger partial charge in [0.15, 0.2) is 0 Å². The number of nitro benzene ring substituents is 1. The zero-order valence-corrected chi connectivity index (χ0v) is 23.7. The molecule has 41 heavy (non-hydrogen) atoms. The number of rotatable bonds is 11. The Kier molecular flexibility index (Phi) is 9.21. The maximum atomic E-state index is 13.2. The van der Waals surface area contributed by atoms with E-state index in [0.29, 0.717) is 38.2 Å². The van der Waals surface area contributed by atoms with Crippen molar-refractivity contribution in [3.8, 4) is 5.75 Å². The van der Waals surface area contributed by atoms with E-state index in [1.165, 1.54) is 23.1 Å². The fourth-order valence-corrected chi connectivity index (χ4v) is 5.20. The second-order valence-electron chi connectivity index (χ2n) is 10.2. The molecule has 2 aromatic carbocycles. The molecule has 218 valence electrons. The number of non-ortho nitro benzene ring substituents is 1. The molecule has 0 saturated carbocycles. The molecule has 2 aliphatic heterocycles. The summed E-state index contributed by atoms with van der Waals surface area (Å²) in [6.07, 6.45) is 0.0206. The molecule has 1 saturated heterocycles. The van der Waals surface area contributed by atoms with E-state index in [2.05, 4.69) is 4.99 Å². The van der Waals surface area contributed by atoms with Crippen LogP contribution in [0.15, 0.2) is 53.5 Å². The monoisotopic (exact) mass is 565 g/mol. The molecule has 0 aromatic heterocycles. The van der Waals surface area contributed by atoms with E-state index in [-0.39, 0.29) is 24.0 Å². The predicted octanol–water partition coefficient (Wildman–Crippen LogP) is 4.83. The van der Waals surface area contributed by atoms with Gasteiger partial charge in [-0.2, -0.15) is 0 Å². The number of aliphatic imine (C=N–C) groups is 1. The standard InChI is InChI=1S/C29H35N5O7/c1-5-40-24-12-10-22(11-13-24)32-17-16-31(29(32)37)14-7-15-33-26(21-8-6-9-23(18-21)34(38)39)25(20(4)30-28(33)36)27(35)41-19(2)3/h6,8-13,18-19,25-26H,5,7,14-17H2,1-4H3. The fourth-order valence-electron chi connectivity index (χ4n) is 5.20. The maximum Gasteiger partial charge on any atom is 0.344 e. The molecule has 0 bridgehead atoms. The van der Waals surface area contributed by atoms with Crippen LogP contribution in [0.2, 0.25) is 0 Å². The van der Waals surface area contributed by atoms with Crippen LogP contribution in [-0.2, 0) is 9.53 Å². The topological polar surface area (TPSA) is 135 Å². The second kappa shape index (κ2) is 12.8. The van der Waals surface area contributed by atoms with E-state index in [1.807, 2.05) is 31.2 Å². The van der Waals surface area contributed by atoms with Gasteiger partial charge in [-0.1, -0.05) is 12.1 Å². The van der Waals surface area contributed by atoms with Crippen LogP contribution in [0.4, 0.5) is 21.0 Å². The minimum Gasteiger partial charge on any atom is -0.494 e. The van der Waals surface area contributed by atoms with Gasteiger partial charge >= 0.3 is 18.0 Å². The number of anilines is 1. The Balaban J connectivity index is 1.51. The molecular formula is C29H35N5O7. The normalized spacial score (nSPS) is 19.0. The van der Waals surface area contributed by atoms with Gasteiger partial charge in [0, 0.05) is 49.7 Å². The van der Waals surface area contributed by atoms with Crippen molar-refractivity contribution in [2.45, 2.75) is 46.3 Å². The summed E-state index contributed by atoms with van der Waals surface area (Å²) in [5.74, 6) is -0.755. The zero-order chi connectivity index (χ0) is 29.7. The van der Waals surface area contributed by atoms with Crippen molar-refractivity contribution in [3.63, 3.8) is 0 Å². The highest BCUT2D eigenvalue weighted by Crippen LogP contribution is 2.36. The lowest BCUT2D eigenvalue weighted by Crippen LogP contribution is -2.48. The molecule has 0 N–H and O–H groups in total. The third-order valence-corrected chi connectivity index (χ3v) is 7.03. The number of urea groups is 2. The van der Waals surface area contributed by atoms with E-state index in [1.54, 1.807) is 36.6 Å². The highest BCUT2D eigenvalue weighted by Gasteiger charge is 2.43. The Bertz CT molecular complexity index is 1330. The molecule has 12 heteroatoms. The number of benzene rings is 2. The van der Waals surface area contributed by atoms with Gasteiger partial charge in [0.2, 0.25) is 0 Å². The lowest BCUT2D eigenvalue weighted by molar-refractivity contribution is -0.385. The number of nitro groups is 1. The van der Waals surface area contributed by atoms with E-state index >= 15 is 0 Å². The van der Waals surface area contributed by atoms with Gasteiger partial charge in [-0.25, -0.2) is 14.6 Å². The summed E-state index contributed by atoms with van der Waals surface area (Å²) < 4.78 is 11.0. The summed E-state index contributed by atoms with van der Waals surface area (Å²) in [5.41, 5.74) is 1.35.